The van der Waals surface area contributed by atoms with E-state index in [1.165, 1.54) is 27.4 Å². The van der Waals surface area contributed by atoms with E-state index in [1.54, 1.807) is 36.4 Å². The van der Waals surface area contributed by atoms with E-state index in [0.717, 1.165) is 0 Å². The van der Waals surface area contributed by atoms with Crippen LogP contribution in [0.15, 0.2) is 53.0 Å². The van der Waals surface area contributed by atoms with Crippen LogP contribution in [0, 0.1) is 11.3 Å². The highest BCUT2D eigenvalue weighted by atomic mass is 79.9. The Kier molecular flexibility index (Phi) is 8.32. The summed E-state index contributed by atoms with van der Waals surface area (Å²) in [5, 5.41) is 12.2. The van der Waals surface area contributed by atoms with Gasteiger partial charge in [0, 0.05) is 11.8 Å². The fraction of sp³-hybridized carbons (Fsp3) is 0.182. The molecule has 0 aliphatic rings. The minimum Gasteiger partial charge on any atom is -0.493 e. The van der Waals surface area contributed by atoms with Crippen LogP contribution in [-0.4, -0.2) is 33.8 Å². The minimum absolute atomic E-state index is 0.0847. The van der Waals surface area contributed by atoms with Crippen molar-refractivity contribution in [1.82, 2.24) is 0 Å². The van der Waals surface area contributed by atoms with Crippen molar-refractivity contribution in [3.05, 3.63) is 58.6 Å². The van der Waals surface area contributed by atoms with E-state index >= 15 is 0 Å². The maximum atomic E-state index is 12.6. The lowest BCUT2D eigenvalue weighted by atomic mass is 10.1. The average Bonchev–Trinajstić information content (AvgIpc) is 2.76. The quantitative estimate of drug-likeness (QED) is 0.326. The van der Waals surface area contributed by atoms with Gasteiger partial charge in [-0.05, 0) is 51.8 Å². The Morgan fingerprint density at radius 3 is 2.43 bits per heavy atom. The minimum atomic E-state index is -0.563. The number of hydrogen-bond donors (Lipinski definition) is 1. The van der Waals surface area contributed by atoms with Gasteiger partial charge in [-0.1, -0.05) is 12.7 Å². The molecule has 0 aromatic heterocycles. The van der Waals surface area contributed by atoms with E-state index in [9.17, 15) is 10.1 Å². The monoisotopic (exact) mass is 472 g/mol. The normalized spacial score (nSPS) is 10.6. The number of carbonyl (C=O) groups is 1. The van der Waals surface area contributed by atoms with E-state index in [0.29, 0.717) is 45.3 Å². The molecule has 0 spiro atoms. The number of anilines is 1. The number of methoxy groups -OCH3 is 3. The standard InChI is InChI=1S/C22H21BrN2O5/c1-5-8-30-21-17(23)10-14(11-20(21)29-4)9-15(13-24)22(26)25-16-6-7-18(27-2)19(12-16)28-3/h5-7,9-12H,1,8H2,2-4H3,(H,25,26)/b15-9+. The summed E-state index contributed by atoms with van der Waals surface area (Å²) in [6.45, 7) is 3.92. The lowest BCUT2D eigenvalue weighted by Gasteiger charge is -2.13. The third kappa shape index (κ3) is 5.55. The summed E-state index contributed by atoms with van der Waals surface area (Å²) in [4.78, 5) is 12.6. The van der Waals surface area contributed by atoms with E-state index in [2.05, 4.69) is 27.8 Å². The maximum Gasteiger partial charge on any atom is 0.266 e. The summed E-state index contributed by atoms with van der Waals surface area (Å²) in [5.74, 6) is 1.38. The molecule has 0 unspecified atom stereocenters. The Bertz CT molecular complexity index is 1010. The fourth-order valence-corrected chi connectivity index (χ4v) is 3.11. The van der Waals surface area contributed by atoms with Gasteiger partial charge in [-0.3, -0.25) is 4.79 Å². The lowest BCUT2D eigenvalue weighted by molar-refractivity contribution is -0.112. The second kappa shape index (κ2) is 10.9. The van der Waals surface area contributed by atoms with Gasteiger partial charge >= 0.3 is 0 Å². The van der Waals surface area contributed by atoms with Crippen molar-refractivity contribution < 1.29 is 23.7 Å². The third-order valence-electron chi connectivity index (χ3n) is 3.91. The highest BCUT2D eigenvalue weighted by molar-refractivity contribution is 9.10. The topological polar surface area (TPSA) is 89.8 Å². The van der Waals surface area contributed by atoms with Crippen molar-refractivity contribution in [2.45, 2.75) is 0 Å². The van der Waals surface area contributed by atoms with Crippen molar-refractivity contribution in [3.8, 4) is 29.1 Å². The van der Waals surface area contributed by atoms with Gasteiger partial charge in [-0.2, -0.15) is 5.26 Å². The van der Waals surface area contributed by atoms with Crippen LogP contribution in [0.2, 0.25) is 0 Å². The number of ether oxygens (including phenoxy) is 4. The first-order valence-corrected chi connectivity index (χ1v) is 9.53. The van der Waals surface area contributed by atoms with Crippen LogP contribution in [0.5, 0.6) is 23.0 Å². The van der Waals surface area contributed by atoms with Gasteiger partial charge in [0.05, 0.1) is 25.8 Å². The number of amides is 1. The Labute approximate surface area is 183 Å². The van der Waals surface area contributed by atoms with Crippen molar-refractivity contribution in [1.29, 1.82) is 5.26 Å². The molecule has 0 bridgehead atoms. The highest BCUT2D eigenvalue weighted by Crippen LogP contribution is 2.37. The number of nitrogens with zero attached hydrogens (tertiary/aromatic N) is 1. The van der Waals surface area contributed by atoms with Crippen LogP contribution >= 0.6 is 15.9 Å². The first-order valence-electron chi connectivity index (χ1n) is 8.73. The summed E-state index contributed by atoms with van der Waals surface area (Å²) >= 11 is 3.42. The van der Waals surface area contributed by atoms with Crippen LogP contribution < -0.4 is 24.3 Å². The van der Waals surface area contributed by atoms with Crippen molar-refractivity contribution in [3.63, 3.8) is 0 Å². The molecule has 0 saturated heterocycles. The summed E-state index contributed by atoms with van der Waals surface area (Å²) < 4.78 is 22.0. The molecular formula is C22H21BrN2O5. The van der Waals surface area contributed by atoms with Crippen LogP contribution in [0.3, 0.4) is 0 Å². The van der Waals surface area contributed by atoms with Crippen LogP contribution in [0.4, 0.5) is 5.69 Å². The molecule has 156 valence electrons. The molecule has 1 amide bonds. The molecule has 0 aliphatic carbocycles. The van der Waals surface area contributed by atoms with E-state index in [4.69, 9.17) is 18.9 Å². The number of halogens is 1. The first-order chi connectivity index (χ1) is 14.5. The third-order valence-corrected chi connectivity index (χ3v) is 4.50. The second-order valence-electron chi connectivity index (χ2n) is 5.83. The lowest BCUT2D eigenvalue weighted by Crippen LogP contribution is -2.13. The molecule has 0 saturated carbocycles. The molecule has 2 aromatic rings. The zero-order valence-electron chi connectivity index (χ0n) is 16.8. The smallest absolute Gasteiger partial charge is 0.266 e. The molecule has 2 aromatic carbocycles. The predicted molar refractivity (Wildman–Crippen MR) is 118 cm³/mol. The Hall–Kier alpha value is -3.44. The Morgan fingerprint density at radius 2 is 1.83 bits per heavy atom. The van der Waals surface area contributed by atoms with E-state index < -0.39 is 5.91 Å². The zero-order chi connectivity index (χ0) is 22.1. The van der Waals surface area contributed by atoms with Gasteiger partial charge < -0.3 is 24.3 Å². The summed E-state index contributed by atoms with van der Waals surface area (Å²) in [6, 6.07) is 10.2. The number of carbonyl (C=O) groups excluding carboxylic acids is 1. The molecule has 0 aliphatic heterocycles. The predicted octanol–water partition coefficient (Wildman–Crippen LogP) is 4.59. The Morgan fingerprint density at radius 1 is 1.13 bits per heavy atom. The van der Waals surface area contributed by atoms with Crippen molar-refractivity contribution >= 4 is 33.6 Å². The Balaban J connectivity index is 2.30. The second-order valence-corrected chi connectivity index (χ2v) is 6.68. The number of benzene rings is 2. The van der Waals surface area contributed by atoms with Crippen molar-refractivity contribution in [2.75, 3.05) is 33.3 Å². The van der Waals surface area contributed by atoms with Gasteiger partial charge in [0.25, 0.3) is 5.91 Å². The molecule has 7 nitrogen and oxygen atoms in total. The van der Waals surface area contributed by atoms with Gasteiger partial charge in [-0.15, -0.1) is 0 Å². The number of nitrogens with one attached hydrogen (secondary N) is 1. The molecule has 1 N–H and O–H groups in total. The van der Waals surface area contributed by atoms with Gasteiger partial charge in [0.1, 0.15) is 18.2 Å². The summed E-state index contributed by atoms with van der Waals surface area (Å²) in [7, 11) is 4.52. The summed E-state index contributed by atoms with van der Waals surface area (Å²) in [5.41, 5.74) is 0.966. The zero-order valence-corrected chi connectivity index (χ0v) is 18.4. The van der Waals surface area contributed by atoms with Crippen molar-refractivity contribution in [2.24, 2.45) is 0 Å². The highest BCUT2D eigenvalue weighted by Gasteiger charge is 2.15. The van der Waals surface area contributed by atoms with Crippen LogP contribution in [0.1, 0.15) is 5.56 Å². The van der Waals surface area contributed by atoms with E-state index in [1.807, 2.05) is 6.07 Å². The largest absolute Gasteiger partial charge is 0.493 e. The molecule has 2 rings (SSSR count). The molecule has 0 radical (unpaired) electrons. The van der Waals surface area contributed by atoms with Crippen LogP contribution in [0.25, 0.3) is 6.08 Å². The molecule has 0 atom stereocenters. The maximum absolute atomic E-state index is 12.6. The van der Waals surface area contributed by atoms with Crippen LogP contribution in [-0.2, 0) is 4.79 Å². The SMILES string of the molecule is C=CCOc1c(Br)cc(/C=C(\C#N)C(=O)Nc2ccc(OC)c(OC)c2)cc1OC. The van der Waals surface area contributed by atoms with Gasteiger partial charge in [-0.25, -0.2) is 0 Å². The number of hydrogen-bond acceptors (Lipinski definition) is 6. The summed E-state index contributed by atoms with van der Waals surface area (Å²) in [6.07, 6.45) is 3.08. The average molecular weight is 473 g/mol. The molecular weight excluding hydrogens is 452 g/mol. The van der Waals surface area contributed by atoms with Gasteiger partial charge in [0.2, 0.25) is 0 Å². The molecule has 0 heterocycles. The fourth-order valence-electron chi connectivity index (χ4n) is 2.53. The van der Waals surface area contributed by atoms with E-state index in [-0.39, 0.29) is 5.57 Å². The molecule has 30 heavy (non-hydrogen) atoms. The molecule has 0 fully saturated rings. The molecule has 8 heteroatoms. The first kappa shape index (κ1) is 22.8. The van der Waals surface area contributed by atoms with Gasteiger partial charge in [0.15, 0.2) is 23.0 Å². The number of rotatable bonds is 9. The number of nitriles is 1.